The number of amides is 1. The van der Waals surface area contributed by atoms with Gasteiger partial charge in [-0.25, -0.2) is 4.79 Å². The van der Waals surface area contributed by atoms with Crippen LogP contribution in [0.15, 0.2) is 30.5 Å². The molecule has 0 saturated carbocycles. The van der Waals surface area contributed by atoms with Crippen LogP contribution in [0, 0.1) is 0 Å². The highest BCUT2D eigenvalue weighted by Crippen LogP contribution is 2.29. The molecule has 2 aromatic rings. The molecule has 0 unspecified atom stereocenters. The van der Waals surface area contributed by atoms with Gasteiger partial charge in [0.05, 0.1) is 16.8 Å². The molecule has 7 heteroatoms. The zero-order valence-electron chi connectivity index (χ0n) is 13.3. The lowest BCUT2D eigenvalue weighted by atomic mass is 9.89. The second-order valence-corrected chi connectivity index (χ2v) is 6.39. The Bertz CT molecular complexity index is 768. The summed E-state index contributed by atoms with van der Waals surface area (Å²) in [5.74, 6) is -0.963. The molecule has 1 saturated heterocycles. The maximum atomic E-state index is 12.7. The summed E-state index contributed by atoms with van der Waals surface area (Å²) in [6, 6.07) is 6.94. The summed E-state index contributed by atoms with van der Waals surface area (Å²) in [6.45, 7) is 1.21. The third-order valence-corrected chi connectivity index (χ3v) is 4.69. The number of carboxylic acids is 1. The van der Waals surface area contributed by atoms with E-state index in [1.165, 1.54) is 10.9 Å². The smallest absolute Gasteiger partial charge is 0.335 e. The largest absolute Gasteiger partial charge is 0.478 e. The van der Waals surface area contributed by atoms with Crippen molar-refractivity contribution >= 4 is 23.5 Å². The lowest BCUT2D eigenvalue weighted by molar-refractivity contribution is 0.0683. The van der Waals surface area contributed by atoms with Crippen molar-refractivity contribution < 1.29 is 14.7 Å². The van der Waals surface area contributed by atoms with E-state index in [9.17, 15) is 9.59 Å². The Labute approximate surface area is 144 Å². The van der Waals surface area contributed by atoms with Crippen molar-refractivity contribution in [3.63, 3.8) is 0 Å². The van der Waals surface area contributed by atoms with Crippen LogP contribution in [-0.2, 0) is 7.05 Å². The van der Waals surface area contributed by atoms with Gasteiger partial charge in [0.25, 0.3) is 5.91 Å². The minimum atomic E-state index is -0.942. The molecule has 24 heavy (non-hydrogen) atoms. The van der Waals surface area contributed by atoms with Crippen molar-refractivity contribution in [1.82, 2.24) is 14.7 Å². The van der Waals surface area contributed by atoms with Gasteiger partial charge in [-0.3, -0.25) is 9.48 Å². The molecule has 1 atom stereocenters. The van der Waals surface area contributed by atoms with E-state index in [-0.39, 0.29) is 17.4 Å². The van der Waals surface area contributed by atoms with Crippen LogP contribution in [0.2, 0.25) is 5.02 Å². The average molecular weight is 348 g/mol. The molecule has 1 fully saturated rings. The summed E-state index contributed by atoms with van der Waals surface area (Å²) in [6.07, 6.45) is 3.25. The lowest BCUT2D eigenvalue weighted by Crippen LogP contribution is -2.40. The van der Waals surface area contributed by atoms with E-state index in [4.69, 9.17) is 16.7 Å². The number of likely N-dealkylation sites (tertiary alicyclic amines) is 1. The van der Waals surface area contributed by atoms with Crippen molar-refractivity contribution in [2.24, 2.45) is 7.05 Å². The van der Waals surface area contributed by atoms with Gasteiger partial charge in [-0.2, -0.15) is 5.10 Å². The van der Waals surface area contributed by atoms with Gasteiger partial charge >= 0.3 is 5.97 Å². The molecule has 1 N–H and O–H groups in total. The Balaban J connectivity index is 1.81. The van der Waals surface area contributed by atoms with E-state index in [0.717, 1.165) is 18.4 Å². The zero-order chi connectivity index (χ0) is 17.3. The predicted molar refractivity (Wildman–Crippen MR) is 89.5 cm³/mol. The monoisotopic (exact) mass is 347 g/mol. The lowest BCUT2D eigenvalue weighted by Gasteiger charge is -2.33. The fraction of sp³-hybridized carbons (Fsp3) is 0.353. The number of rotatable bonds is 3. The van der Waals surface area contributed by atoms with E-state index in [2.05, 4.69) is 5.10 Å². The highest BCUT2D eigenvalue weighted by molar-refractivity contribution is 6.33. The number of hydrogen-bond donors (Lipinski definition) is 1. The number of carbonyl (C=O) groups excluding carboxylic acids is 1. The van der Waals surface area contributed by atoms with Gasteiger partial charge in [0.15, 0.2) is 0 Å². The van der Waals surface area contributed by atoms with Crippen LogP contribution in [0.3, 0.4) is 0 Å². The fourth-order valence-corrected chi connectivity index (χ4v) is 3.41. The molecule has 6 nitrogen and oxygen atoms in total. The summed E-state index contributed by atoms with van der Waals surface area (Å²) in [7, 11) is 1.69. The number of aryl methyl sites for hydroxylation is 1. The Hall–Kier alpha value is -2.34. The number of carboxylic acid groups (broad SMARTS) is 1. The van der Waals surface area contributed by atoms with Crippen LogP contribution in [0.5, 0.6) is 0 Å². The normalized spacial score (nSPS) is 17.8. The molecular weight excluding hydrogens is 330 g/mol. The third-order valence-electron chi connectivity index (χ3n) is 4.41. The summed E-state index contributed by atoms with van der Waals surface area (Å²) >= 11 is 6.07. The first-order valence-electron chi connectivity index (χ1n) is 7.77. The van der Waals surface area contributed by atoms with Crippen molar-refractivity contribution in [2.75, 3.05) is 13.1 Å². The van der Waals surface area contributed by atoms with E-state index >= 15 is 0 Å². The fourth-order valence-electron chi connectivity index (χ4n) is 3.16. The predicted octanol–water partition coefficient (Wildman–Crippen LogP) is 2.79. The van der Waals surface area contributed by atoms with Gasteiger partial charge in [-0.1, -0.05) is 23.7 Å². The number of aromatic nitrogens is 2. The number of benzene rings is 1. The minimum Gasteiger partial charge on any atom is -0.478 e. The number of piperidine rings is 1. The number of aromatic carboxylic acids is 1. The molecule has 1 amide bonds. The van der Waals surface area contributed by atoms with Crippen LogP contribution in [0.25, 0.3) is 0 Å². The van der Waals surface area contributed by atoms with Gasteiger partial charge in [0, 0.05) is 26.1 Å². The van der Waals surface area contributed by atoms with Crippen LogP contribution >= 0.6 is 11.6 Å². The molecule has 1 aromatic carbocycles. The van der Waals surface area contributed by atoms with Crippen molar-refractivity contribution in [2.45, 2.75) is 18.8 Å². The van der Waals surface area contributed by atoms with Gasteiger partial charge in [-0.05, 0) is 30.5 Å². The standard InChI is InChI=1S/C17H18ClN3O3/c1-20-15(14(18)9-19-20)16(22)21-7-3-6-13(10-21)11-4-2-5-12(8-11)17(23)24/h2,4-5,8-9,13H,3,6-7,10H2,1H3,(H,23,24)/t13-/m0/s1. The Morgan fingerprint density at radius 3 is 2.83 bits per heavy atom. The Morgan fingerprint density at radius 2 is 2.17 bits per heavy atom. The maximum absolute atomic E-state index is 12.7. The zero-order valence-corrected chi connectivity index (χ0v) is 14.0. The molecule has 1 aliphatic heterocycles. The van der Waals surface area contributed by atoms with E-state index in [1.807, 2.05) is 6.07 Å². The number of carbonyl (C=O) groups is 2. The average Bonchev–Trinajstić information content (AvgIpc) is 2.93. The second-order valence-electron chi connectivity index (χ2n) is 5.99. The van der Waals surface area contributed by atoms with Gasteiger partial charge in [0.2, 0.25) is 0 Å². The number of nitrogens with zero attached hydrogens (tertiary/aromatic N) is 3. The van der Waals surface area contributed by atoms with E-state index in [1.54, 1.807) is 30.1 Å². The second kappa shape index (κ2) is 6.65. The SMILES string of the molecule is Cn1ncc(Cl)c1C(=O)N1CCC[C@H](c2cccc(C(=O)O)c2)C1. The first-order chi connectivity index (χ1) is 11.5. The molecular formula is C17H18ClN3O3. The van der Waals surface area contributed by atoms with Crippen LogP contribution in [-0.4, -0.2) is 44.8 Å². The summed E-state index contributed by atoms with van der Waals surface area (Å²) in [4.78, 5) is 25.7. The molecule has 1 aromatic heterocycles. The Morgan fingerprint density at radius 1 is 1.38 bits per heavy atom. The van der Waals surface area contributed by atoms with E-state index in [0.29, 0.717) is 23.8 Å². The first-order valence-corrected chi connectivity index (χ1v) is 8.15. The van der Waals surface area contributed by atoms with Crippen LogP contribution in [0.4, 0.5) is 0 Å². The molecule has 3 rings (SSSR count). The molecule has 0 spiro atoms. The Kier molecular flexibility index (Phi) is 4.57. The maximum Gasteiger partial charge on any atom is 0.335 e. The number of hydrogen-bond acceptors (Lipinski definition) is 3. The number of halogens is 1. The van der Waals surface area contributed by atoms with Crippen LogP contribution < -0.4 is 0 Å². The molecule has 126 valence electrons. The third kappa shape index (κ3) is 3.14. The first kappa shape index (κ1) is 16.5. The van der Waals surface area contributed by atoms with E-state index < -0.39 is 5.97 Å². The quantitative estimate of drug-likeness (QED) is 0.926. The highest BCUT2D eigenvalue weighted by Gasteiger charge is 2.28. The molecule has 0 radical (unpaired) electrons. The van der Waals surface area contributed by atoms with Gasteiger partial charge in [-0.15, -0.1) is 0 Å². The highest BCUT2D eigenvalue weighted by atomic mass is 35.5. The molecule has 0 bridgehead atoms. The molecule has 1 aliphatic rings. The summed E-state index contributed by atoms with van der Waals surface area (Å²) in [5.41, 5.74) is 1.60. The van der Waals surface area contributed by atoms with Crippen LogP contribution in [0.1, 0.15) is 45.2 Å². The van der Waals surface area contributed by atoms with Gasteiger partial charge in [0.1, 0.15) is 5.69 Å². The van der Waals surface area contributed by atoms with Gasteiger partial charge < -0.3 is 10.0 Å². The van der Waals surface area contributed by atoms with Crippen molar-refractivity contribution in [3.05, 3.63) is 52.3 Å². The van der Waals surface area contributed by atoms with Crippen molar-refractivity contribution in [3.8, 4) is 0 Å². The topological polar surface area (TPSA) is 75.4 Å². The minimum absolute atomic E-state index is 0.119. The van der Waals surface area contributed by atoms with Crippen molar-refractivity contribution in [1.29, 1.82) is 0 Å². The molecule has 0 aliphatic carbocycles. The summed E-state index contributed by atoms with van der Waals surface area (Å²) in [5, 5.41) is 13.5. The summed E-state index contributed by atoms with van der Waals surface area (Å²) < 4.78 is 1.49. The molecule has 2 heterocycles.